The van der Waals surface area contributed by atoms with Crippen LogP contribution in [0.3, 0.4) is 0 Å². The van der Waals surface area contributed by atoms with E-state index in [4.69, 9.17) is 4.74 Å². The van der Waals surface area contributed by atoms with Gasteiger partial charge in [-0.15, -0.1) is 0 Å². The number of hydrogen-bond donors (Lipinski definition) is 2. The van der Waals surface area contributed by atoms with Crippen LogP contribution in [0.2, 0.25) is 0 Å². The Hall–Kier alpha value is -2.17. The highest BCUT2D eigenvalue weighted by Gasteiger charge is 2.41. The van der Waals surface area contributed by atoms with Crippen molar-refractivity contribution in [1.29, 1.82) is 0 Å². The Kier molecular flexibility index (Phi) is 13.8. The van der Waals surface area contributed by atoms with Gasteiger partial charge in [-0.25, -0.2) is 0 Å². The first-order valence-corrected chi connectivity index (χ1v) is 14.0. The predicted octanol–water partition coefficient (Wildman–Crippen LogP) is 6.62. The Morgan fingerprint density at radius 2 is 1.50 bits per heavy atom. The third-order valence-electron chi connectivity index (χ3n) is 7.61. The average molecular weight is 497 g/mol. The quantitative estimate of drug-likeness (QED) is 0.306. The van der Waals surface area contributed by atoms with Crippen LogP contribution in [-0.4, -0.2) is 35.0 Å². The molecule has 2 aromatic rings. The highest BCUT2D eigenvalue weighted by molar-refractivity contribution is 5.75. The lowest BCUT2D eigenvalue weighted by atomic mass is 9.81. The van der Waals surface area contributed by atoms with Crippen LogP contribution in [-0.2, 0) is 22.4 Å². The second-order valence-corrected chi connectivity index (χ2v) is 10.4. The minimum Gasteiger partial charge on any atom is -0.462 e. The van der Waals surface area contributed by atoms with Crippen LogP contribution < -0.4 is 0 Å². The molecule has 1 aliphatic rings. The lowest BCUT2D eigenvalue weighted by Gasteiger charge is -2.28. The Bertz CT molecular complexity index is 836. The lowest BCUT2D eigenvalue weighted by molar-refractivity contribution is -0.143. The van der Waals surface area contributed by atoms with Crippen LogP contribution in [0.1, 0.15) is 77.3 Å². The fourth-order valence-corrected chi connectivity index (χ4v) is 5.42. The van der Waals surface area contributed by atoms with Gasteiger partial charge in [-0.3, -0.25) is 4.79 Å². The van der Waals surface area contributed by atoms with Crippen molar-refractivity contribution < 1.29 is 19.7 Å². The number of benzene rings is 2. The van der Waals surface area contributed by atoms with Crippen LogP contribution in [0.5, 0.6) is 0 Å². The fraction of sp³-hybridized carbons (Fsp3) is 0.594. The summed E-state index contributed by atoms with van der Waals surface area (Å²) in [6.07, 6.45) is 8.08. The number of unbranched alkanes of at least 4 members (excludes halogenated alkanes) is 2. The molecule has 1 heterocycles. The minimum atomic E-state index is -0.350. The van der Waals surface area contributed by atoms with Gasteiger partial charge in [0.05, 0.1) is 12.0 Å². The molecule has 0 amide bonds. The van der Waals surface area contributed by atoms with E-state index in [1.807, 2.05) is 50.2 Å². The van der Waals surface area contributed by atoms with Crippen molar-refractivity contribution >= 4 is 5.97 Å². The molecule has 1 saturated heterocycles. The number of carbonyl (C=O) groups is 1. The summed E-state index contributed by atoms with van der Waals surface area (Å²) < 4.78 is 5.42. The van der Waals surface area contributed by atoms with Gasteiger partial charge in [0, 0.05) is 12.5 Å². The van der Waals surface area contributed by atoms with Gasteiger partial charge in [-0.05, 0) is 62.5 Å². The van der Waals surface area contributed by atoms with Crippen LogP contribution in [0, 0.1) is 23.7 Å². The summed E-state index contributed by atoms with van der Waals surface area (Å²) in [7, 11) is 0. The molecule has 4 heteroatoms. The fourth-order valence-electron chi connectivity index (χ4n) is 5.42. The molecule has 2 N–H and O–H groups in total. The van der Waals surface area contributed by atoms with Crippen molar-refractivity contribution in [2.45, 2.75) is 91.3 Å². The van der Waals surface area contributed by atoms with Gasteiger partial charge in [0.2, 0.25) is 0 Å². The van der Waals surface area contributed by atoms with Gasteiger partial charge in [0.1, 0.15) is 6.10 Å². The minimum absolute atomic E-state index is 0.00699. The topological polar surface area (TPSA) is 66.8 Å². The molecule has 36 heavy (non-hydrogen) atoms. The first-order chi connectivity index (χ1) is 17.4. The molecule has 4 nitrogen and oxygen atoms in total. The molecule has 2 aromatic carbocycles. The summed E-state index contributed by atoms with van der Waals surface area (Å²) in [5.41, 5.74) is 2.47. The zero-order valence-corrected chi connectivity index (χ0v) is 22.8. The zero-order valence-electron chi connectivity index (χ0n) is 22.8. The Morgan fingerprint density at radius 1 is 0.917 bits per heavy atom. The van der Waals surface area contributed by atoms with E-state index in [2.05, 4.69) is 38.1 Å². The van der Waals surface area contributed by atoms with Crippen LogP contribution in [0.15, 0.2) is 60.7 Å². The van der Waals surface area contributed by atoms with E-state index in [1.54, 1.807) is 0 Å². The number of carbonyl (C=O) groups excluding carboxylic acids is 1. The Labute approximate surface area is 219 Å². The summed E-state index contributed by atoms with van der Waals surface area (Å²) in [6.45, 7) is 8.37. The van der Waals surface area contributed by atoms with Crippen molar-refractivity contribution in [1.82, 2.24) is 0 Å². The predicted molar refractivity (Wildman–Crippen MR) is 148 cm³/mol. The van der Waals surface area contributed by atoms with E-state index in [-0.39, 0.29) is 42.5 Å². The van der Waals surface area contributed by atoms with E-state index in [0.29, 0.717) is 5.92 Å². The third kappa shape index (κ3) is 9.71. The van der Waals surface area contributed by atoms with Gasteiger partial charge >= 0.3 is 5.97 Å². The van der Waals surface area contributed by atoms with E-state index < -0.39 is 0 Å². The van der Waals surface area contributed by atoms with Crippen LogP contribution in [0.25, 0.3) is 0 Å². The largest absolute Gasteiger partial charge is 0.462 e. The van der Waals surface area contributed by atoms with Crippen molar-refractivity contribution in [2.75, 3.05) is 6.61 Å². The van der Waals surface area contributed by atoms with Crippen LogP contribution >= 0.6 is 0 Å². The zero-order chi connectivity index (χ0) is 26.3. The number of rotatable bonds is 13. The molecular formula is C32H48O4. The molecule has 0 spiro atoms. The summed E-state index contributed by atoms with van der Waals surface area (Å²) in [4.78, 5) is 11.9. The number of ether oxygens (including phenoxy) is 1. The second kappa shape index (κ2) is 16.6. The maximum absolute atomic E-state index is 11.9. The van der Waals surface area contributed by atoms with Gasteiger partial charge in [-0.2, -0.15) is 0 Å². The van der Waals surface area contributed by atoms with Crippen molar-refractivity contribution in [3.63, 3.8) is 0 Å². The van der Waals surface area contributed by atoms with E-state index in [9.17, 15) is 15.0 Å². The molecule has 1 fully saturated rings. The van der Waals surface area contributed by atoms with Gasteiger partial charge in [0.15, 0.2) is 0 Å². The molecule has 0 unspecified atom stereocenters. The molecule has 3 rings (SSSR count). The average Bonchev–Trinajstić information content (AvgIpc) is 3.15. The molecule has 0 radical (unpaired) electrons. The summed E-state index contributed by atoms with van der Waals surface area (Å²) in [6, 6.07) is 20.5. The lowest BCUT2D eigenvalue weighted by Crippen LogP contribution is -2.29. The standard InChI is InChI=1S/C16H22O2.C16H26O2/c1-3-4-10-14-12(2)18-16(17)15(14)11-13-8-6-5-7-9-13;1-3-4-10-16(13(2)18)15(12-17)11-14-8-6-5-7-9-14/h5-9,12,14-15H,3-4,10-11H2,1-2H3;5-9,13,15-18H,3-4,10-12H2,1-2H3/t12-,14-,15+;13-,15-,16-/m00/s1. The first-order valence-electron chi connectivity index (χ1n) is 14.0. The molecule has 1 aliphatic heterocycles. The SMILES string of the molecule is CCCC[C@H]([C@H](CO)Cc1ccccc1)[C@H](C)O.CCCC[C@H]1[C@H](C)OC(=O)[C@@H]1Cc1ccccc1. The van der Waals surface area contributed by atoms with Crippen molar-refractivity contribution in [3.8, 4) is 0 Å². The molecule has 0 aliphatic carbocycles. The molecule has 6 atom stereocenters. The molecule has 0 aromatic heterocycles. The van der Waals surface area contributed by atoms with E-state index >= 15 is 0 Å². The Balaban J connectivity index is 0.000000254. The van der Waals surface area contributed by atoms with Crippen molar-refractivity contribution in [3.05, 3.63) is 71.8 Å². The van der Waals surface area contributed by atoms with Crippen LogP contribution in [0.4, 0.5) is 0 Å². The molecule has 0 saturated carbocycles. The van der Waals surface area contributed by atoms with Gasteiger partial charge in [-0.1, -0.05) is 100 Å². The number of cyclic esters (lactones) is 1. The monoisotopic (exact) mass is 496 g/mol. The maximum Gasteiger partial charge on any atom is 0.309 e. The maximum atomic E-state index is 11.9. The number of esters is 1. The molecule has 0 bridgehead atoms. The van der Waals surface area contributed by atoms with Gasteiger partial charge in [0.25, 0.3) is 0 Å². The van der Waals surface area contributed by atoms with Crippen molar-refractivity contribution in [2.24, 2.45) is 23.7 Å². The van der Waals surface area contributed by atoms with Gasteiger partial charge < -0.3 is 14.9 Å². The van der Waals surface area contributed by atoms with E-state index in [1.165, 1.54) is 24.0 Å². The highest BCUT2D eigenvalue weighted by Crippen LogP contribution is 2.34. The molecular weight excluding hydrogens is 448 g/mol. The summed E-state index contributed by atoms with van der Waals surface area (Å²) in [5, 5.41) is 19.5. The second-order valence-electron chi connectivity index (χ2n) is 10.4. The number of aliphatic hydroxyl groups excluding tert-OH is 2. The van der Waals surface area contributed by atoms with E-state index in [0.717, 1.165) is 38.5 Å². The smallest absolute Gasteiger partial charge is 0.309 e. The Morgan fingerprint density at radius 3 is 2.03 bits per heavy atom. The first kappa shape index (κ1) is 30.1. The number of hydrogen-bond acceptors (Lipinski definition) is 4. The summed E-state index contributed by atoms with van der Waals surface area (Å²) in [5.74, 6) is 0.771. The molecule has 200 valence electrons. The summed E-state index contributed by atoms with van der Waals surface area (Å²) >= 11 is 0. The highest BCUT2D eigenvalue weighted by atomic mass is 16.6. The number of aliphatic hydroxyl groups is 2. The third-order valence-corrected chi connectivity index (χ3v) is 7.61. The normalized spacial score (nSPS) is 21.7.